The maximum absolute atomic E-state index is 13.7. The molecule has 10 nitrogen and oxygen atoms in total. The van der Waals surface area contributed by atoms with E-state index in [9.17, 15) is 35.0 Å². The van der Waals surface area contributed by atoms with Crippen LogP contribution < -0.4 is 5.73 Å². The van der Waals surface area contributed by atoms with Gasteiger partial charge < -0.3 is 21.1 Å². The molecule has 0 unspecified atom stereocenters. The van der Waals surface area contributed by atoms with E-state index in [1.165, 1.54) is 6.07 Å². The van der Waals surface area contributed by atoms with E-state index in [1.54, 1.807) is 19.0 Å². The molecule has 0 bridgehead atoms. The lowest BCUT2D eigenvalue weighted by Crippen LogP contribution is -2.53. The number of ketones is 2. The first kappa shape index (κ1) is 27.4. The summed E-state index contributed by atoms with van der Waals surface area (Å²) in [6.07, 6.45) is 0.423. The smallest absolute Gasteiger partial charge is 0.255 e. The van der Waals surface area contributed by atoms with Crippen molar-refractivity contribution in [2.75, 3.05) is 21.1 Å². The van der Waals surface area contributed by atoms with Gasteiger partial charge in [0.15, 0.2) is 11.6 Å². The van der Waals surface area contributed by atoms with Crippen LogP contribution in [0.3, 0.4) is 0 Å². The fourth-order valence-corrected chi connectivity index (χ4v) is 6.16. The zero-order chi connectivity index (χ0) is 28.4. The van der Waals surface area contributed by atoms with Crippen LogP contribution in [0.4, 0.5) is 0 Å². The van der Waals surface area contributed by atoms with Gasteiger partial charge in [0.05, 0.1) is 29.2 Å². The number of primary amides is 1. The molecule has 0 heterocycles. The summed E-state index contributed by atoms with van der Waals surface area (Å²) in [5.41, 5.74) is 5.86. The van der Waals surface area contributed by atoms with E-state index in [2.05, 4.69) is 6.07 Å². The predicted molar refractivity (Wildman–Crippen MR) is 138 cm³/mol. The largest absolute Gasteiger partial charge is 0.511 e. The summed E-state index contributed by atoms with van der Waals surface area (Å²) in [7, 11) is 5.26. The minimum absolute atomic E-state index is 0.00596. The van der Waals surface area contributed by atoms with Gasteiger partial charge in [0.2, 0.25) is 0 Å². The van der Waals surface area contributed by atoms with Crippen LogP contribution >= 0.6 is 0 Å². The molecule has 5 N–H and O–H groups in total. The molecule has 0 aromatic heterocycles. The molecule has 1 amide bonds. The summed E-state index contributed by atoms with van der Waals surface area (Å²) in [6.45, 7) is 6.45. The van der Waals surface area contributed by atoms with Crippen LogP contribution in [-0.2, 0) is 22.6 Å². The molecule has 4 atom stereocenters. The lowest BCUT2D eigenvalue weighted by Gasteiger charge is -2.46. The maximum atomic E-state index is 13.7. The molecule has 0 aliphatic heterocycles. The van der Waals surface area contributed by atoms with E-state index in [1.807, 2.05) is 32.7 Å². The highest BCUT2D eigenvalue weighted by atomic mass is 16.3. The fraction of sp³-hybridized carbons (Fsp3) is 0.500. The topological polar surface area (TPSA) is 168 Å². The highest BCUT2D eigenvalue weighted by Crippen LogP contribution is 2.51. The van der Waals surface area contributed by atoms with Crippen molar-refractivity contribution in [3.05, 3.63) is 51.0 Å². The summed E-state index contributed by atoms with van der Waals surface area (Å²) >= 11 is 0. The standard InChI is InChI=1S/C28H34N4O6/c1-28(2,3)32(6)11-13-9-17(33)19-14(16(13)10-29)7-12-8-15-20(24(35)18(12)23(19)34)25(36)21(27(30)38)26(37)22(15)31(4)5/h9,12,15,20,22,33,35,37H,7-8,11H2,1-6H3,(H2,30,38)/t12-,15+,20+,22-/m0/s1. The normalized spacial score (nSPS) is 25.3. The van der Waals surface area contributed by atoms with Gasteiger partial charge in [-0.3, -0.25) is 24.2 Å². The van der Waals surface area contributed by atoms with Crippen molar-refractivity contribution >= 4 is 17.5 Å². The van der Waals surface area contributed by atoms with Crippen molar-refractivity contribution in [3.63, 3.8) is 0 Å². The lowest BCUT2D eigenvalue weighted by atomic mass is 9.60. The van der Waals surface area contributed by atoms with Gasteiger partial charge in [0.25, 0.3) is 5.91 Å². The van der Waals surface area contributed by atoms with Crippen LogP contribution in [0.1, 0.15) is 54.2 Å². The molecule has 4 rings (SSSR count). The second kappa shape index (κ2) is 9.26. The third-order valence-corrected chi connectivity index (χ3v) is 8.32. The molecule has 3 aliphatic rings. The van der Waals surface area contributed by atoms with E-state index in [4.69, 9.17) is 5.73 Å². The number of nitriles is 1. The number of benzene rings is 1. The number of fused-ring (bicyclic) bond motifs is 3. The Morgan fingerprint density at radius 1 is 1.16 bits per heavy atom. The first-order valence-corrected chi connectivity index (χ1v) is 12.5. The lowest BCUT2D eigenvalue weighted by molar-refractivity contribution is -0.127. The average molecular weight is 523 g/mol. The summed E-state index contributed by atoms with van der Waals surface area (Å²) in [4.78, 5) is 42.7. The molecule has 0 saturated carbocycles. The summed E-state index contributed by atoms with van der Waals surface area (Å²) in [5.74, 6) is -6.24. The third-order valence-electron chi connectivity index (χ3n) is 8.32. The fourth-order valence-electron chi connectivity index (χ4n) is 6.16. The van der Waals surface area contributed by atoms with E-state index < -0.39 is 58.4 Å². The molecule has 38 heavy (non-hydrogen) atoms. The molecule has 0 spiro atoms. The number of nitrogens with two attached hydrogens (primary N) is 1. The SMILES string of the molecule is CN(C)[C@@H]1C(O)=C(C(N)=O)C(=O)[C@H]2C(O)=C3C(=O)c4c(O)cc(CN(C)C(C)(C)C)c(C#N)c4C[C@H]3C[C@H]21. The van der Waals surface area contributed by atoms with Crippen molar-refractivity contribution in [2.45, 2.75) is 51.7 Å². The van der Waals surface area contributed by atoms with Crippen molar-refractivity contribution in [1.29, 1.82) is 5.26 Å². The van der Waals surface area contributed by atoms with Gasteiger partial charge in [-0.15, -0.1) is 0 Å². The highest BCUT2D eigenvalue weighted by Gasteiger charge is 2.54. The summed E-state index contributed by atoms with van der Waals surface area (Å²) < 4.78 is 0. The van der Waals surface area contributed by atoms with Gasteiger partial charge in [-0.25, -0.2) is 0 Å². The van der Waals surface area contributed by atoms with Gasteiger partial charge >= 0.3 is 0 Å². The number of likely N-dealkylation sites (N-methyl/N-ethyl adjacent to an activating group) is 1. The molecule has 202 valence electrons. The Morgan fingerprint density at radius 2 is 1.79 bits per heavy atom. The quantitative estimate of drug-likeness (QED) is 0.433. The van der Waals surface area contributed by atoms with Gasteiger partial charge in [-0.05, 0) is 83.8 Å². The van der Waals surface area contributed by atoms with Crippen molar-refractivity contribution < 1.29 is 29.7 Å². The zero-order valence-electron chi connectivity index (χ0n) is 22.5. The van der Waals surface area contributed by atoms with Gasteiger partial charge in [-0.2, -0.15) is 5.26 Å². The predicted octanol–water partition coefficient (Wildman–Crippen LogP) is 2.11. The molecular weight excluding hydrogens is 488 g/mol. The minimum atomic E-state index is -1.24. The first-order chi connectivity index (χ1) is 17.6. The summed E-state index contributed by atoms with van der Waals surface area (Å²) in [5, 5.41) is 43.2. The second-order valence-corrected chi connectivity index (χ2v) is 11.7. The minimum Gasteiger partial charge on any atom is -0.511 e. The number of Topliss-reactive ketones (excluding diaryl/α,β-unsaturated/α-hetero) is 2. The Hall–Kier alpha value is -3.68. The molecule has 10 heteroatoms. The molecule has 1 aromatic rings. The number of phenols is 1. The highest BCUT2D eigenvalue weighted by molar-refractivity contribution is 6.22. The van der Waals surface area contributed by atoms with Crippen LogP contribution in [0.25, 0.3) is 0 Å². The number of carbonyl (C=O) groups excluding carboxylic acids is 3. The maximum Gasteiger partial charge on any atom is 0.255 e. The summed E-state index contributed by atoms with van der Waals surface area (Å²) in [6, 6.07) is 2.84. The number of hydrogen-bond donors (Lipinski definition) is 4. The monoisotopic (exact) mass is 522 g/mol. The van der Waals surface area contributed by atoms with Crippen LogP contribution in [0.2, 0.25) is 0 Å². The number of rotatable bonds is 4. The van der Waals surface area contributed by atoms with Crippen LogP contribution in [0, 0.1) is 29.1 Å². The molecule has 1 aromatic carbocycles. The number of aliphatic hydroxyl groups excluding tert-OH is 2. The second-order valence-electron chi connectivity index (χ2n) is 11.7. The molecule has 0 radical (unpaired) electrons. The molecule has 0 saturated heterocycles. The van der Waals surface area contributed by atoms with Crippen molar-refractivity contribution in [2.24, 2.45) is 23.5 Å². The Bertz CT molecular complexity index is 1360. The first-order valence-electron chi connectivity index (χ1n) is 12.5. The number of hydrogen-bond acceptors (Lipinski definition) is 9. The van der Waals surface area contributed by atoms with E-state index >= 15 is 0 Å². The average Bonchev–Trinajstić information content (AvgIpc) is 2.77. The number of aromatic hydroxyl groups is 1. The number of allylic oxidation sites excluding steroid dienone is 2. The Morgan fingerprint density at radius 3 is 2.32 bits per heavy atom. The third kappa shape index (κ3) is 4.06. The Balaban J connectivity index is 1.87. The van der Waals surface area contributed by atoms with E-state index in [0.717, 1.165) is 0 Å². The van der Waals surface area contributed by atoms with E-state index in [0.29, 0.717) is 23.2 Å². The number of aliphatic hydroxyl groups is 2. The Labute approximate surface area is 221 Å². The Kier molecular flexibility index (Phi) is 6.66. The van der Waals surface area contributed by atoms with Crippen LogP contribution in [0.15, 0.2) is 28.7 Å². The number of carbonyl (C=O) groups is 3. The van der Waals surface area contributed by atoms with Gasteiger partial charge in [-0.1, -0.05) is 0 Å². The molecular formula is C28H34N4O6. The van der Waals surface area contributed by atoms with Gasteiger partial charge in [0.1, 0.15) is 22.8 Å². The number of nitrogens with zero attached hydrogens (tertiary/aromatic N) is 3. The number of phenolic OH excluding ortho intramolecular Hbond substituents is 1. The zero-order valence-corrected chi connectivity index (χ0v) is 22.5. The van der Waals surface area contributed by atoms with E-state index in [-0.39, 0.29) is 35.3 Å². The van der Waals surface area contributed by atoms with Crippen LogP contribution in [0.5, 0.6) is 5.75 Å². The van der Waals surface area contributed by atoms with Crippen molar-refractivity contribution in [1.82, 2.24) is 9.80 Å². The number of amides is 1. The van der Waals surface area contributed by atoms with Gasteiger partial charge in [0, 0.05) is 17.7 Å². The molecule has 3 aliphatic carbocycles. The molecule has 0 fully saturated rings. The van der Waals surface area contributed by atoms with Crippen LogP contribution in [-0.4, -0.2) is 75.3 Å². The van der Waals surface area contributed by atoms with Crippen molar-refractivity contribution in [3.8, 4) is 11.8 Å².